The van der Waals surface area contributed by atoms with Gasteiger partial charge in [-0.2, -0.15) is 0 Å². The highest BCUT2D eigenvalue weighted by Crippen LogP contribution is 2.26. The van der Waals surface area contributed by atoms with Gasteiger partial charge < -0.3 is 58.5 Å². The van der Waals surface area contributed by atoms with E-state index in [4.69, 9.17) is 11.5 Å². The van der Waals surface area contributed by atoms with Gasteiger partial charge in [0.1, 0.15) is 24.2 Å². The van der Waals surface area contributed by atoms with Gasteiger partial charge >= 0.3 is 0 Å². The molecule has 336 valence electrons. The number of hydrogen-bond donors (Lipinski definition) is 10. The van der Waals surface area contributed by atoms with Crippen LogP contribution in [0.5, 0.6) is 11.5 Å². The van der Waals surface area contributed by atoms with Crippen molar-refractivity contribution in [3.63, 3.8) is 0 Å². The Labute approximate surface area is 355 Å². The number of nitrogens with zero attached hydrogens (tertiary/aromatic N) is 2. The number of benzene rings is 1. The van der Waals surface area contributed by atoms with Crippen LogP contribution in [-0.4, -0.2) is 124 Å². The maximum atomic E-state index is 14.2. The third-order valence-corrected chi connectivity index (χ3v) is 10.8. The van der Waals surface area contributed by atoms with E-state index in [1.54, 1.807) is 13.8 Å². The van der Waals surface area contributed by atoms with E-state index in [0.29, 0.717) is 18.4 Å². The maximum Gasteiger partial charge on any atom is 0.290 e. The summed E-state index contributed by atoms with van der Waals surface area (Å²) in [5, 5.41) is 35.8. The van der Waals surface area contributed by atoms with Crippen LogP contribution in [0.3, 0.4) is 0 Å². The predicted octanol–water partition coefficient (Wildman–Crippen LogP) is -1.13. The second-order valence-corrected chi connectivity index (χ2v) is 15.7. The van der Waals surface area contributed by atoms with E-state index in [1.807, 2.05) is 13.8 Å². The molecule has 61 heavy (non-hydrogen) atoms. The number of fused-ring (bicyclic) bond motifs is 1. The molecule has 1 aromatic carbocycles. The number of guanidine groups is 1. The van der Waals surface area contributed by atoms with E-state index in [-0.39, 0.29) is 68.7 Å². The Kier molecular flexibility index (Phi) is 19.0. The number of amides is 7. The molecule has 12 N–H and O–H groups in total. The minimum absolute atomic E-state index is 0.0124. The Morgan fingerprint density at radius 1 is 0.967 bits per heavy atom. The fourth-order valence-electron chi connectivity index (χ4n) is 6.79. The van der Waals surface area contributed by atoms with Gasteiger partial charge in [0.25, 0.3) is 5.91 Å². The zero-order valence-electron chi connectivity index (χ0n) is 35.5. The molecule has 8 atom stereocenters. The number of aromatic hydroxyl groups is 2. The summed E-state index contributed by atoms with van der Waals surface area (Å²) in [6.45, 7) is 8.44. The predicted molar refractivity (Wildman–Crippen MR) is 224 cm³/mol. The Balaban J connectivity index is 2.06. The van der Waals surface area contributed by atoms with Crippen molar-refractivity contribution >= 4 is 53.1 Å². The first kappa shape index (κ1) is 49.2. The van der Waals surface area contributed by atoms with Crippen LogP contribution in [-0.2, 0) is 44.8 Å². The highest BCUT2D eigenvalue weighted by molar-refractivity contribution is 6.38. The number of Topliss-reactive ketones (excluding diaryl/α,β-unsaturated/α-hetero) is 1. The highest BCUT2D eigenvalue weighted by Gasteiger charge is 2.40. The zero-order chi connectivity index (χ0) is 45.4. The summed E-state index contributed by atoms with van der Waals surface area (Å²) in [5.41, 5.74) is 11.4. The summed E-state index contributed by atoms with van der Waals surface area (Å²) < 4.78 is 0. The molecule has 1 aromatic rings. The molecule has 2 aliphatic heterocycles. The third kappa shape index (κ3) is 15.1. The van der Waals surface area contributed by atoms with Crippen LogP contribution in [0, 0.1) is 11.8 Å². The average Bonchev–Trinajstić information content (AvgIpc) is 3.71. The van der Waals surface area contributed by atoms with Crippen molar-refractivity contribution in [1.82, 2.24) is 36.8 Å². The van der Waals surface area contributed by atoms with E-state index in [1.165, 1.54) is 36.1 Å². The van der Waals surface area contributed by atoms with Gasteiger partial charge in [-0.15, -0.1) is 0 Å². The second-order valence-electron chi connectivity index (χ2n) is 15.7. The summed E-state index contributed by atoms with van der Waals surface area (Å²) in [6, 6.07) is -3.25. The summed E-state index contributed by atoms with van der Waals surface area (Å²) in [5.74, 6) is -7.68. The number of nitrogens with two attached hydrogens (primary N) is 2. The molecule has 0 bridgehead atoms. The number of phenols is 2. The lowest BCUT2D eigenvalue weighted by Crippen LogP contribution is -2.60. The summed E-state index contributed by atoms with van der Waals surface area (Å²) >= 11 is 0. The van der Waals surface area contributed by atoms with E-state index >= 15 is 0 Å². The third-order valence-electron chi connectivity index (χ3n) is 10.8. The van der Waals surface area contributed by atoms with Crippen molar-refractivity contribution in [2.75, 3.05) is 19.6 Å². The number of phenolic OH excluding ortho intramolecular Hbond substituents is 2. The van der Waals surface area contributed by atoms with Crippen molar-refractivity contribution in [2.24, 2.45) is 28.3 Å². The summed E-state index contributed by atoms with van der Waals surface area (Å²) in [4.78, 5) is 114. The minimum atomic E-state index is -1.43. The van der Waals surface area contributed by atoms with Gasteiger partial charge in [-0.1, -0.05) is 52.7 Å². The number of aliphatic imine (C=N–C) groups is 1. The van der Waals surface area contributed by atoms with Crippen molar-refractivity contribution in [1.29, 1.82) is 0 Å². The van der Waals surface area contributed by atoms with Gasteiger partial charge in [0, 0.05) is 32.1 Å². The van der Waals surface area contributed by atoms with Gasteiger partial charge in [-0.05, 0) is 68.6 Å². The number of rotatable bonds is 14. The normalized spacial score (nSPS) is 23.9. The molecule has 0 spiro atoms. The van der Waals surface area contributed by atoms with Crippen molar-refractivity contribution in [3.8, 4) is 11.5 Å². The van der Waals surface area contributed by atoms with Crippen LogP contribution in [0.4, 0.5) is 0 Å². The Bertz CT molecular complexity index is 1830. The maximum absolute atomic E-state index is 14.2. The molecule has 2 unspecified atom stereocenters. The molecular formula is C41H62N10O10. The Hall–Kier alpha value is -6.21. The number of carbonyl (C=O) groups excluding carboxylic acids is 8. The van der Waals surface area contributed by atoms with Crippen molar-refractivity contribution in [3.05, 3.63) is 35.9 Å². The first-order chi connectivity index (χ1) is 28.8. The summed E-state index contributed by atoms with van der Waals surface area (Å²) in [7, 11) is 0. The van der Waals surface area contributed by atoms with Gasteiger partial charge in [0.15, 0.2) is 17.5 Å². The SMILES string of the molecule is CCC(C)CC(=O)N[C@@H](C)C(=O)N[C@H]1CNC(=O)/C=C/[C@H](Cc2ccc(O)c(O)c2)NC(=O)[C@@H]([C@@H](C)CC)NC(=O)C(=O)[C@H](CCCN=C(N)N)NC(=O)C2CCCN2C1=O. The van der Waals surface area contributed by atoms with Gasteiger partial charge in [0.2, 0.25) is 41.2 Å². The molecular weight excluding hydrogens is 793 g/mol. The Morgan fingerprint density at radius 3 is 2.34 bits per heavy atom. The second kappa shape index (κ2) is 23.5. The average molecular weight is 855 g/mol. The monoisotopic (exact) mass is 854 g/mol. The molecule has 7 amide bonds. The minimum Gasteiger partial charge on any atom is -0.504 e. The summed E-state index contributed by atoms with van der Waals surface area (Å²) in [6.07, 6.45) is 4.37. The first-order valence-corrected chi connectivity index (χ1v) is 20.7. The molecule has 1 fully saturated rings. The molecule has 2 heterocycles. The van der Waals surface area contributed by atoms with Gasteiger partial charge in [-0.25, -0.2) is 0 Å². The topological polar surface area (TPSA) is 317 Å². The van der Waals surface area contributed by atoms with Crippen molar-refractivity contribution < 1.29 is 48.6 Å². The zero-order valence-corrected chi connectivity index (χ0v) is 35.5. The number of carbonyl (C=O) groups is 8. The molecule has 0 radical (unpaired) electrons. The van der Waals surface area contributed by atoms with E-state index in [0.717, 1.165) is 12.5 Å². The number of ketones is 1. The van der Waals surface area contributed by atoms with Crippen LogP contribution in [0.15, 0.2) is 35.3 Å². The highest BCUT2D eigenvalue weighted by atomic mass is 16.3. The lowest BCUT2D eigenvalue weighted by Gasteiger charge is -2.30. The van der Waals surface area contributed by atoms with Crippen LogP contribution in [0.2, 0.25) is 0 Å². The molecule has 20 heteroatoms. The lowest BCUT2D eigenvalue weighted by molar-refractivity contribution is -0.144. The van der Waals surface area contributed by atoms with Crippen LogP contribution in [0.25, 0.3) is 0 Å². The van der Waals surface area contributed by atoms with Crippen LogP contribution in [0.1, 0.15) is 85.1 Å². The molecule has 0 aliphatic carbocycles. The van der Waals surface area contributed by atoms with E-state index < -0.39 is 95.7 Å². The van der Waals surface area contributed by atoms with Crippen LogP contribution < -0.4 is 43.4 Å². The first-order valence-electron chi connectivity index (χ1n) is 20.7. The largest absolute Gasteiger partial charge is 0.504 e. The quantitative estimate of drug-likeness (QED) is 0.0350. The van der Waals surface area contributed by atoms with Crippen molar-refractivity contribution in [2.45, 2.75) is 122 Å². The molecule has 3 rings (SSSR count). The number of hydrogen-bond acceptors (Lipinski definition) is 11. The molecule has 0 aromatic heterocycles. The standard InChI is InChI=1S/C41H62N10O10/c1-6-22(3)18-33(55)46-24(5)36(57)49-28-21-45-32(54)15-13-26(19-25-12-14-30(52)31(53)20-25)47-38(59)34(23(4)7-2)50-39(60)35(56)27(10-8-16-44-41(42)43)48-37(58)29-11-9-17-51(29)40(28)61/h12-15,20,22-24,26-29,34,52-53H,6-11,16-19,21H2,1-5H3,(H,45,54)(H,46,55)(H,47,59)(H,48,58)(H,49,57)(H,50,60)(H4,42,43,44)/b15-13+/t22?,23-,24-,26+,27-,28-,29?,34+/m0/s1. The molecule has 0 saturated carbocycles. The Morgan fingerprint density at radius 2 is 1.69 bits per heavy atom. The lowest BCUT2D eigenvalue weighted by atomic mass is 9.96. The fraction of sp³-hybridized carbons (Fsp3) is 0.585. The van der Waals surface area contributed by atoms with Gasteiger partial charge in [-0.3, -0.25) is 43.3 Å². The smallest absolute Gasteiger partial charge is 0.290 e. The fourth-order valence-corrected chi connectivity index (χ4v) is 6.79. The molecule has 20 nitrogen and oxygen atoms in total. The van der Waals surface area contributed by atoms with Gasteiger partial charge in [0.05, 0.1) is 12.1 Å². The van der Waals surface area contributed by atoms with E-state index in [9.17, 15) is 48.6 Å². The molecule has 1 saturated heterocycles. The van der Waals surface area contributed by atoms with E-state index in [2.05, 4.69) is 36.9 Å². The van der Waals surface area contributed by atoms with Crippen LogP contribution >= 0.6 is 0 Å². The molecule has 2 aliphatic rings. The number of nitrogens with one attached hydrogen (secondary N) is 6.